The zero-order chi connectivity index (χ0) is 8.60. The fourth-order valence-electron chi connectivity index (χ4n) is 1.70. The summed E-state index contributed by atoms with van der Waals surface area (Å²) in [5.74, 6) is -0.359. The maximum Gasteiger partial charge on any atom is 0.257 e. The Balaban J connectivity index is 1.91. The molecule has 0 bridgehead atoms. The highest BCUT2D eigenvalue weighted by Crippen LogP contribution is 2.34. The van der Waals surface area contributed by atoms with Gasteiger partial charge in [-0.05, 0) is 38.5 Å². The Kier molecular flexibility index (Phi) is 1.81. The fraction of sp³-hybridized carbons (Fsp3) is 0.889. The average molecular weight is 171 g/mol. The Labute approximate surface area is 71.5 Å². The van der Waals surface area contributed by atoms with Gasteiger partial charge in [0.25, 0.3) is 5.91 Å². The zero-order valence-corrected chi connectivity index (χ0v) is 7.11. The third-order valence-electron chi connectivity index (χ3n) is 2.72. The molecule has 0 atom stereocenters. The van der Waals surface area contributed by atoms with Gasteiger partial charge in [-0.15, -0.1) is 0 Å². The quantitative estimate of drug-likeness (QED) is 0.671. The van der Waals surface area contributed by atoms with Crippen molar-refractivity contribution in [2.45, 2.75) is 50.2 Å². The summed E-state index contributed by atoms with van der Waals surface area (Å²) in [6, 6.07) is 0.283. The summed E-state index contributed by atoms with van der Waals surface area (Å²) < 4.78 is 13.7. The van der Waals surface area contributed by atoms with E-state index in [4.69, 9.17) is 0 Å². The second-order valence-electron chi connectivity index (χ2n) is 3.92. The number of hydrogen-bond acceptors (Lipinski definition) is 1. The molecular weight excluding hydrogens is 157 g/mol. The molecule has 1 N–H and O–H groups in total. The summed E-state index contributed by atoms with van der Waals surface area (Å²) in [5, 5.41) is 2.72. The molecule has 2 saturated carbocycles. The highest BCUT2D eigenvalue weighted by molar-refractivity contribution is 5.85. The molecule has 0 unspecified atom stereocenters. The van der Waals surface area contributed by atoms with Crippen LogP contribution < -0.4 is 5.32 Å². The number of rotatable bonds is 2. The van der Waals surface area contributed by atoms with Crippen LogP contribution in [0, 0.1) is 0 Å². The van der Waals surface area contributed by atoms with E-state index in [1.165, 1.54) is 0 Å². The van der Waals surface area contributed by atoms with Crippen LogP contribution in [0.5, 0.6) is 0 Å². The maximum absolute atomic E-state index is 13.7. The molecule has 0 heterocycles. The Morgan fingerprint density at radius 2 is 1.92 bits per heavy atom. The van der Waals surface area contributed by atoms with E-state index in [2.05, 4.69) is 5.32 Å². The number of nitrogens with one attached hydrogen (secondary N) is 1. The molecule has 0 aromatic heterocycles. The summed E-state index contributed by atoms with van der Waals surface area (Å²) in [5.41, 5.74) is -1.53. The molecule has 2 aliphatic rings. The molecule has 1 amide bonds. The smallest absolute Gasteiger partial charge is 0.257 e. The van der Waals surface area contributed by atoms with Gasteiger partial charge in [-0.1, -0.05) is 0 Å². The first kappa shape index (κ1) is 8.02. The molecule has 68 valence electrons. The lowest BCUT2D eigenvalue weighted by atomic mass is 10.0. The summed E-state index contributed by atoms with van der Waals surface area (Å²) in [7, 11) is 0. The number of halogens is 1. The van der Waals surface area contributed by atoms with Gasteiger partial charge >= 0.3 is 0 Å². The van der Waals surface area contributed by atoms with Gasteiger partial charge in [0.1, 0.15) is 0 Å². The van der Waals surface area contributed by atoms with Crippen LogP contribution in [0.15, 0.2) is 0 Å². The van der Waals surface area contributed by atoms with Crippen LogP contribution in [-0.4, -0.2) is 17.6 Å². The van der Waals surface area contributed by atoms with Crippen molar-refractivity contribution in [3.8, 4) is 0 Å². The fourth-order valence-corrected chi connectivity index (χ4v) is 1.70. The lowest BCUT2D eigenvalue weighted by Gasteiger charge is -2.17. The number of amides is 1. The first-order valence-electron chi connectivity index (χ1n) is 4.71. The van der Waals surface area contributed by atoms with E-state index in [1.54, 1.807) is 0 Å². The first-order chi connectivity index (χ1) is 5.71. The highest BCUT2D eigenvalue weighted by Gasteiger charge is 2.42. The van der Waals surface area contributed by atoms with Gasteiger partial charge in [0.05, 0.1) is 0 Å². The molecule has 3 heteroatoms. The van der Waals surface area contributed by atoms with Crippen LogP contribution in [0.4, 0.5) is 4.39 Å². The van der Waals surface area contributed by atoms with E-state index in [-0.39, 0.29) is 11.9 Å². The summed E-state index contributed by atoms with van der Waals surface area (Å²) in [4.78, 5) is 11.3. The predicted molar refractivity (Wildman–Crippen MR) is 43.5 cm³/mol. The molecule has 2 fully saturated rings. The minimum atomic E-state index is -1.53. The van der Waals surface area contributed by atoms with Crippen molar-refractivity contribution in [3.63, 3.8) is 0 Å². The molecule has 2 rings (SSSR count). The van der Waals surface area contributed by atoms with Gasteiger partial charge < -0.3 is 5.32 Å². The largest absolute Gasteiger partial charge is 0.351 e. The molecule has 0 aromatic carbocycles. The van der Waals surface area contributed by atoms with E-state index >= 15 is 0 Å². The Morgan fingerprint density at radius 3 is 2.42 bits per heavy atom. The standard InChI is InChI=1S/C9H14FNO/c10-9(5-1-2-6-9)8(12)11-7-3-4-7/h7H,1-6H2,(H,11,12). The minimum Gasteiger partial charge on any atom is -0.351 e. The molecular formula is C9H14FNO. The molecule has 2 nitrogen and oxygen atoms in total. The third-order valence-corrected chi connectivity index (χ3v) is 2.72. The molecule has 0 radical (unpaired) electrons. The molecule has 0 saturated heterocycles. The van der Waals surface area contributed by atoms with Crippen LogP contribution in [0.1, 0.15) is 38.5 Å². The molecule has 2 aliphatic carbocycles. The number of hydrogen-bond donors (Lipinski definition) is 1. The van der Waals surface area contributed by atoms with Crippen molar-refractivity contribution in [2.24, 2.45) is 0 Å². The van der Waals surface area contributed by atoms with E-state index in [1.807, 2.05) is 0 Å². The SMILES string of the molecule is O=C(NC1CC1)C1(F)CCCC1. The van der Waals surface area contributed by atoms with E-state index < -0.39 is 5.67 Å². The Hall–Kier alpha value is -0.600. The van der Waals surface area contributed by atoms with Crippen molar-refractivity contribution in [1.82, 2.24) is 5.32 Å². The van der Waals surface area contributed by atoms with Crippen LogP contribution in [-0.2, 0) is 4.79 Å². The van der Waals surface area contributed by atoms with E-state index in [9.17, 15) is 9.18 Å². The number of alkyl halides is 1. The second kappa shape index (κ2) is 2.71. The highest BCUT2D eigenvalue weighted by atomic mass is 19.1. The van der Waals surface area contributed by atoms with Gasteiger partial charge in [-0.25, -0.2) is 4.39 Å². The number of carbonyl (C=O) groups excluding carboxylic acids is 1. The maximum atomic E-state index is 13.7. The lowest BCUT2D eigenvalue weighted by Crippen LogP contribution is -2.42. The summed E-state index contributed by atoms with van der Waals surface area (Å²) in [6.07, 6.45) is 4.62. The second-order valence-corrected chi connectivity index (χ2v) is 3.92. The summed E-state index contributed by atoms with van der Waals surface area (Å²) in [6.45, 7) is 0. The molecule has 12 heavy (non-hydrogen) atoms. The van der Waals surface area contributed by atoms with Crippen molar-refractivity contribution in [3.05, 3.63) is 0 Å². The number of carbonyl (C=O) groups is 1. The van der Waals surface area contributed by atoms with E-state index in [0.29, 0.717) is 12.8 Å². The van der Waals surface area contributed by atoms with Gasteiger partial charge in [0.2, 0.25) is 0 Å². The lowest BCUT2D eigenvalue weighted by molar-refractivity contribution is -0.132. The van der Waals surface area contributed by atoms with Crippen LogP contribution >= 0.6 is 0 Å². The van der Waals surface area contributed by atoms with E-state index in [0.717, 1.165) is 25.7 Å². The van der Waals surface area contributed by atoms with Crippen LogP contribution in [0.2, 0.25) is 0 Å². The van der Waals surface area contributed by atoms with Gasteiger partial charge in [-0.2, -0.15) is 0 Å². The van der Waals surface area contributed by atoms with Crippen LogP contribution in [0.25, 0.3) is 0 Å². The average Bonchev–Trinajstić information content (AvgIpc) is 2.73. The normalized spacial score (nSPS) is 27.1. The molecule has 0 spiro atoms. The predicted octanol–water partition coefficient (Wildman–Crippen LogP) is 1.55. The third kappa shape index (κ3) is 1.45. The monoisotopic (exact) mass is 171 g/mol. The topological polar surface area (TPSA) is 29.1 Å². The van der Waals surface area contributed by atoms with Gasteiger partial charge in [0, 0.05) is 6.04 Å². The van der Waals surface area contributed by atoms with Gasteiger partial charge in [-0.3, -0.25) is 4.79 Å². The van der Waals surface area contributed by atoms with Gasteiger partial charge in [0.15, 0.2) is 5.67 Å². The zero-order valence-electron chi connectivity index (χ0n) is 7.11. The Bertz CT molecular complexity index is 195. The minimum absolute atomic E-state index is 0.283. The summed E-state index contributed by atoms with van der Waals surface area (Å²) >= 11 is 0. The Morgan fingerprint density at radius 1 is 1.33 bits per heavy atom. The van der Waals surface area contributed by atoms with Crippen molar-refractivity contribution in [2.75, 3.05) is 0 Å². The van der Waals surface area contributed by atoms with Crippen molar-refractivity contribution in [1.29, 1.82) is 0 Å². The van der Waals surface area contributed by atoms with Crippen molar-refractivity contribution < 1.29 is 9.18 Å². The molecule has 0 aromatic rings. The first-order valence-corrected chi connectivity index (χ1v) is 4.71. The van der Waals surface area contributed by atoms with Crippen LogP contribution in [0.3, 0.4) is 0 Å². The molecule has 0 aliphatic heterocycles. The van der Waals surface area contributed by atoms with Crippen molar-refractivity contribution >= 4 is 5.91 Å².